The van der Waals surface area contributed by atoms with Gasteiger partial charge in [0.05, 0.1) is 17.5 Å². The lowest BCUT2D eigenvalue weighted by Crippen LogP contribution is -2.28. The van der Waals surface area contributed by atoms with Gasteiger partial charge in [0.2, 0.25) is 0 Å². The second-order valence-corrected chi connectivity index (χ2v) is 6.99. The summed E-state index contributed by atoms with van der Waals surface area (Å²) in [5, 5.41) is 13.2. The monoisotopic (exact) mass is 391 g/mol. The highest BCUT2D eigenvalue weighted by molar-refractivity contribution is 5.89. The zero-order chi connectivity index (χ0) is 20.4. The first-order valence-electron chi connectivity index (χ1n) is 9.44. The molecule has 148 valence electrons. The molecule has 3 heterocycles. The molecule has 1 fully saturated rings. The number of carboxylic acid groups (broad SMARTS) is 1. The lowest BCUT2D eigenvalue weighted by atomic mass is 10.2. The number of rotatable bonds is 5. The Balaban J connectivity index is 1.70. The number of aryl methyl sites for hydroxylation is 1. The van der Waals surface area contributed by atoms with E-state index >= 15 is 0 Å². The average molecular weight is 391 g/mol. The molecule has 29 heavy (non-hydrogen) atoms. The molecule has 0 atom stereocenters. The highest BCUT2D eigenvalue weighted by atomic mass is 16.4. The maximum atomic E-state index is 13.1. The fourth-order valence-corrected chi connectivity index (χ4v) is 3.44. The Morgan fingerprint density at radius 3 is 2.62 bits per heavy atom. The molecule has 0 radical (unpaired) electrons. The smallest absolute Gasteiger partial charge is 0.335 e. The average Bonchev–Trinajstić information content (AvgIpc) is 3.25. The fourth-order valence-electron chi connectivity index (χ4n) is 3.44. The van der Waals surface area contributed by atoms with Crippen LogP contribution in [0.3, 0.4) is 0 Å². The van der Waals surface area contributed by atoms with Crippen LogP contribution in [0.5, 0.6) is 0 Å². The van der Waals surface area contributed by atoms with Gasteiger partial charge in [0, 0.05) is 19.3 Å². The van der Waals surface area contributed by atoms with Crippen LogP contribution < -0.4 is 15.9 Å². The number of anilines is 2. The number of pyridine rings is 1. The quantitative estimate of drug-likeness (QED) is 0.513. The van der Waals surface area contributed by atoms with Gasteiger partial charge in [-0.15, -0.1) is 0 Å². The summed E-state index contributed by atoms with van der Waals surface area (Å²) in [4.78, 5) is 31.0. The summed E-state index contributed by atoms with van der Waals surface area (Å²) in [7, 11) is 0. The van der Waals surface area contributed by atoms with Gasteiger partial charge in [-0.1, -0.05) is 6.07 Å². The largest absolute Gasteiger partial charge is 0.478 e. The zero-order valence-corrected chi connectivity index (χ0v) is 16.0. The third-order valence-electron chi connectivity index (χ3n) is 4.99. The van der Waals surface area contributed by atoms with Gasteiger partial charge in [-0.05, 0) is 55.7 Å². The molecule has 4 rings (SSSR count). The minimum Gasteiger partial charge on any atom is -0.478 e. The number of carbonyl (C=O) groups is 1. The van der Waals surface area contributed by atoms with E-state index in [4.69, 9.17) is 10.1 Å². The van der Waals surface area contributed by atoms with Crippen molar-refractivity contribution in [2.45, 2.75) is 19.8 Å². The first-order chi connectivity index (χ1) is 14.0. The van der Waals surface area contributed by atoms with E-state index in [1.54, 1.807) is 18.3 Å². The molecule has 0 amide bonds. The van der Waals surface area contributed by atoms with Crippen LogP contribution in [0, 0.1) is 6.92 Å². The molecule has 1 saturated heterocycles. The molecular formula is C21H21N5O3. The Kier molecular flexibility index (Phi) is 4.99. The van der Waals surface area contributed by atoms with Gasteiger partial charge in [-0.25, -0.2) is 9.78 Å². The van der Waals surface area contributed by atoms with Gasteiger partial charge in [-0.3, -0.25) is 14.6 Å². The standard InChI is InChI=1S/C21H21N5O3/c1-14-5-4-12-26-18(14)23-19(25-10-2-3-11-25)17(20(26)27)13-22-24-16-8-6-15(7-9-16)21(28)29/h4-9,12-13,24H,2-3,10-11H2,1H3,(H,28,29)/b22-13-. The van der Waals surface area contributed by atoms with Crippen LogP contribution in [0.15, 0.2) is 52.5 Å². The number of carboxylic acids is 1. The summed E-state index contributed by atoms with van der Waals surface area (Å²) in [5.74, 6) is -0.338. The number of aromatic carboxylic acids is 1. The van der Waals surface area contributed by atoms with Crippen LogP contribution in [0.25, 0.3) is 5.65 Å². The summed E-state index contributed by atoms with van der Waals surface area (Å²) in [5.41, 5.74) is 5.50. The van der Waals surface area contributed by atoms with E-state index in [0.717, 1.165) is 31.5 Å². The maximum absolute atomic E-state index is 13.1. The van der Waals surface area contributed by atoms with Crippen LogP contribution in [-0.4, -0.2) is 39.8 Å². The second kappa shape index (κ2) is 7.75. The van der Waals surface area contributed by atoms with Gasteiger partial charge in [0.15, 0.2) is 0 Å². The molecule has 0 bridgehead atoms. The molecule has 2 aromatic heterocycles. The first-order valence-corrected chi connectivity index (χ1v) is 9.44. The van der Waals surface area contributed by atoms with Crippen LogP contribution in [-0.2, 0) is 0 Å². The molecule has 2 N–H and O–H groups in total. The second-order valence-electron chi connectivity index (χ2n) is 6.99. The maximum Gasteiger partial charge on any atom is 0.335 e. The van der Waals surface area contributed by atoms with E-state index in [2.05, 4.69) is 15.4 Å². The molecule has 3 aromatic rings. The van der Waals surface area contributed by atoms with Crippen molar-refractivity contribution in [3.63, 3.8) is 0 Å². The Hall–Kier alpha value is -3.68. The summed E-state index contributed by atoms with van der Waals surface area (Å²) >= 11 is 0. The summed E-state index contributed by atoms with van der Waals surface area (Å²) < 4.78 is 1.54. The zero-order valence-electron chi connectivity index (χ0n) is 16.0. The van der Waals surface area contributed by atoms with E-state index in [1.807, 2.05) is 19.1 Å². The number of hydrogen-bond acceptors (Lipinski definition) is 6. The van der Waals surface area contributed by atoms with Gasteiger partial charge >= 0.3 is 5.97 Å². The van der Waals surface area contributed by atoms with E-state index in [1.165, 1.54) is 22.7 Å². The highest BCUT2D eigenvalue weighted by Crippen LogP contribution is 2.21. The Labute approximate surface area is 167 Å². The van der Waals surface area contributed by atoms with Crippen molar-refractivity contribution in [3.05, 3.63) is 69.6 Å². The van der Waals surface area contributed by atoms with E-state index in [-0.39, 0.29) is 11.1 Å². The van der Waals surface area contributed by atoms with Gasteiger partial charge < -0.3 is 10.0 Å². The summed E-state index contributed by atoms with van der Waals surface area (Å²) in [6.45, 7) is 3.66. The molecule has 1 aliphatic rings. The molecule has 0 unspecified atom stereocenters. The molecule has 0 saturated carbocycles. The predicted octanol–water partition coefficient (Wildman–Crippen LogP) is 2.75. The number of nitrogens with one attached hydrogen (secondary N) is 1. The molecule has 0 spiro atoms. The molecule has 1 aliphatic heterocycles. The number of benzene rings is 1. The third kappa shape index (κ3) is 3.69. The Morgan fingerprint density at radius 2 is 1.93 bits per heavy atom. The van der Waals surface area contributed by atoms with Crippen LogP contribution in [0.4, 0.5) is 11.5 Å². The van der Waals surface area contributed by atoms with Crippen molar-refractivity contribution in [3.8, 4) is 0 Å². The summed E-state index contributed by atoms with van der Waals surface area (Å²) in [6.07, 6.45) is 5.34. The van der Waals surface area contributed by atoms with Crippen molar-refractivity contribution < 1.29 is 9.90 Å². The van der Waals surface area contributed by atoms with Crippen molar-refractivity contribution in [1.82, 2.24) is 9.38 Å². The molecule has 0 aliphatic carbocycles. The Bertz CT molecular complexity index is 1150. The van der Waals surface area contributed by atoms with Crippen molar-refractivity contribution in [2.24, 2.45) is 5.10 Å². The normalized spacial score (nSPS) is 14.0. The number of nitrogens with zero attached hydrogens (tertiary/aromatic N) is 4. The predicted molar refractivity (Wildman–Crippen MR) is 112 cm³/mol. The topological polar surface area (TPSA) is 99.3 Å². The minimum atomic E-state index is -0.985. The first kappa shape index (κ1) is 18.7. The molecular weight excluding hydrogens is 370 g/mol. The number of hydrazone groups is 1. The highest BCUT2D eigenvalue weighted by Gasteiger charge is 2.20. The number of aromatic nitrogens is 2. The van der Waals surface area contributed by atoms with E-state index in [0.29, 0.717) is 22.7 Å². The lowest BCUT2D eigenvalue weighted by Gasteiger charge is -2.19. The molecule has 8 heteroatoms. The van der Waals surface area contributed by atoms with Crippen molar-refractivity contribution in [1.29, 1.82) is 0 Å². The fraction of sp³-hybridized carbons (Fsp3) is 0.238. The minimum absolute atomic E-state index is 0.174. The van der Waals surface area contributed by atoms with Gasteiger partial charge in [0.25, 0.3) is 5.56 Å². The van der Waals surface area contributed by atoms with Crippen LogP contribution in [0.2, 0.25) is 0 Å². The van der Waals surface area contributed by atoms with Crippen LogP contribution in [0.1, 0.15) is 34.3 Å². The van der Waals surface area contributed by atoms with Gasteiger partial charge in [0.1, 0.15) is 17.0 Å². The third-order valence-corrected chi connectivity index (χ3v) is 4.99. The van der Waals surface area contributed by atoms with Gasteiger partial charge in [-0.2, -0.15) is 5.10 Å². The van der Waals surface area contributed by atoms with E-state index < -0.39 is 5.97 Å². The lowest BCUT2D eigenvalue weighted by molar-refractivity contribution is 0.0697. The molecule has 8 nitrogen and oxygen atoms in total. The molecule has 1 aromatic carbocycles. The summed E-state index contributed by atoms with van der Waals surface area (Å²) in [6, 6.07) is 9.99. The van der Waals surface area contributed by atoms with Crippen LogP contribution >= 0.6 is 0 Å². The SMILES string of the molecule is Cc1cccn2c(=O)c(/C=N\Nc3ccc(C(=O)O)cc3)c(N3CCCC3)nc12. The number of fused-ring (bicyclic) bond motifs is 1. The van der Waals surface area contributed by atoms with Crippen molar-refractivity contribution in [2.75, 3.05) is 23.4 Å². The van der Waals surface area contributed by atoms with Crippen molar-refractivity contribution >= 4 is 29.3 Å². The Morgan fingerprint density at radius 1 is 1.21 bits per heavy atom. The number of hydrogen-bond donors (Lipinski definition) is 2. The van der Waals surface area contributed by atoms with E-state index in [9.17, 15) is 9.59 Å².